The minimum Gasteiger partial charge on any atom is -0.356 e. The van der Waals surface area contributed by atoms with Crippen molar-refractivity contribution in [2.75, 3.05) is 27.1 Å². The Morgan fingerprint density at radius 2 is 1.81 bits per heavy atom. The molecule has 0 aromatic heterocycles. The third kappa shape index (κ3) is 6.04. The van der Waals surface area contributed by atoms with Crippen LogP contribution in [0.25, 0.3) is 0 Å². The van der Waals surface area contributed by atoms with Gasteiger partial charge in [-0.1, -0.05) is 6.42 Å². The van der Waals surface area contributed by atoms with Gasteiger partial charge in [0.05, 0.1) is 5.41 Å². The van der Waals surface area contributed by atoms with E-state index in [1.165, 1.54) is 0 Å². The Hall–Kier alpha value is -2.00. The summed E-state index contributed by atoms with van der Waals surface area (Å²) in [5, 5.41) is 3.43. The van der Waals surface area contributed by atoms with Crippen LogP contribution in [0.5, 0.6) is 0 Å². The van der Waals surface area contributed by atoms with Gasteiger partial charge >= 0.3 is 5.97 Å². The number of imide groups is 1. The lowest BCUT2D eigenvalue weighted by molar-refractivity contribution is -0.197. The number of nitrogens with one attached hydrogen (secondary N) is 1. The Kier molecular flexibility index (Phi) is 6.69. The van der Waals surface area contributed by atoms with Crippen LogP contribution in [-0.2, 0) is 24.0 Å². The Morgan fingerprint density at radius 3 is 2.42 bits per heavy atom. The quantitative estimate of drug-likeness (QED) is 0.425. The van der Waals surface area contributed by atoms with E-state index >= 15 is 0 Å². The smallest absolute Gasteiger partial charge is 0.333 e. The summed E-state index contributed by atoms with van der Waals surface area (Å²) in [4.78, 5) is 56.1. The molecule has 2 saturated heterocycles. The summed E-state index contributed by atoms with van der Waals surface area (Å²) in [6, 6.07) is -1.09. The van der Waals surface area contributed by atoms with E-state index in [0.29, 0.717) is 37.4 Å². The predicted octanol–water partition coefficient (Wildman–Crippen LogP) is 1.32. The molecular weight excluding hydrogens is 400 g/mol. The number of unbranched alkanes of at least 4 members (excludes halogenated alkanes) is 2. The molecule has 0 aliphatic carbocycles. The molecule has 0 saturated carbocycles. The van der Waals surface area contributed by atoms with Crippen LogP contribution in [0.1, 0.15) is 71.7 Å². The lowest BCUT2D eigenvalue weighted by Gasteiger charge is -2.52. The SMILES string of the molecule is [2H]C([2H])N1CC(C)N(C([2H])[2H])C(C)C1C(C)(C)C(=O)NCCCCCC(=O)ON1C(=O)CCC1=O. The second kappa shape index (κ2) is 10.5. The van der Waals surface area contributed by atoms with Crippen molar-refractivity contribution < 1.29 is 29.5 Å². The maximum Gasteiger partial charge on any atom is 0.333 e. The molecule has 2 heterocycles. The van der Waals surface area contributed by atoms with Gasteiger partial charge in [0.1, 0.15) is 0 Å². The van der Waals surface area contributed by atoms with Crippen molar-refractivity contribution in [2.24, 2.45) is 5.41 Å². The summed E-state index contributed by atoms with van der Waals surface area (Å²) < 4.78 is 31.8. The van der Waals surface area contributed by atoms with Gasteiger partial charge in [0.2, 0.25) is 5.91 Å². The number of hydrogen-bond donors (Lipinski definition) is 1. The number of hydrogen-bond acceptors (Lipinski definition) is 7. The molecule has 3 atom stereocenters. The van der Waals surface area contributed by atoms with Crippen LogP contribution in [0.2, 0.25) is 0 Å². The highest BCUT2D eigenvalue weighted by Gasteiger charge is 2.46. The fraction of sp³-hybridized carbons (Fsp3) is 0.818. The maximum absolute atomic E-state index is 13.1. The van der Waals surface area contributed by atoms with E-state index in [1.54, 1.807) is 23.6 Å². The van der Waals surface area contributed by atoms with Crippen LogP contribution < -0.4 is 5.32 Å². The van der Waals surface area contributed by atoms with E-state index in [-0.39, 0.29) is 37.3 Å². The molecule has 2 aliphatic heterocycles. The van der Waals surface area contributed by atoms with Crippen LogP contribution in [0.3, 0.4) is 0 Å². The molecule has 0 aromatic rings. The molecule has 2 aliphatic rings. The second-order valence-corrected chi connectivity index (χ2v) is 9.01. The monoisotopic (exact) mass is 442 g/mol. The molecule has 3 unspecified atom stereocenters. The van der Waals surface area contributed by atoms with Crippen molar-refractivity contribution in [3.05, 3.63) is 0 Å². The zero-order chi connectivity index (χ0) is 26.5. The number of carbonyl (C=O) groups excluding carboxylic acids is 4. The van der Waals surface area contributed by atoms with Crippen molar-refractivity contribution in [2.45, 2.75) is 84.3 Å². The molecule has 31 heavy (non-hydrogen) atoms. The molecule has 9 heteroatoms. The van der Waals surface area contributed by atoms with Crippen LogP contribution in [0.15, 0.2) is 0 Å². The maximum atomic E-state index is 13.1. The highest BCUT2D eigenvalue weighted by atomic mass is 16.7. The van der Waals surface area contributed by atoms with Gasteiger partial charge in [-0.15, -0.1) is 5.06 Å². The largest absolute Gasteiger partial charge is 0.356 e. The molecule has 3 amide bonds. The van der Waals surface area contributed by atoms with Gasteiger partial charge in [0, 0.05) is 56.0 Å². The van der Waals surface area contributed by atoms with Gasteiger partial charge < -0.3 is 10.2 Å². The van der Waals surface area contributed by atoms with E-state index in [4.69, 9.17) is 10.3 Å². The number of amides is 3. The summed E-state index contributed by atoms with van der Waals surface area (Å²) in [5.74, 6) is -1.92. The number of piperazine rings is 1. The third-order valence-electron chi connectivity index (χ3n) is 6.14. The molecule has 0 aromatic carbocycles. The molecule has 176 valence electrons. The normalized spacial score (nSPS) is 27.8. The van der Waals surface area contributed by atoms with Crippen molar-refractivity contribution in [1.29, 1.82) is 0 Å². The van der Waals surface area contributed by atoms with Crippen LogP contribution in [0, 0.1) is 5.41 Å². The van der Waals surface area contributed by atoms with Gasteiger partial charge in [-0.3, -0.25) is 24.2 Å². The first kappa shape index (κ1) is 19.7. The first-order valence-corrected chi connectivity index (χ1v) is 10.9. The van der Waals surface area contributed by atoms with E-state index in [1.807, 2.05) is 13.8 Å². The molecule has 9 nitrogen and oxygen atoms in total. The number of rotatable bonds is 9. The van der Waals surface area contributed by atoms with Crippen molar-refractivity contribution in [3.8, 4) is 0 Å². The molecule has 0 radical (unpaired) electrons. The first-order valence-electron chi connectivity index (χ1n) is 13.2. The van der Waals surface area contributed by atoms with Crippen molar-refractivity contribution >= 4 is 23.7 Å². The Morgan fingerprint density at radius 1 is 1.13 bits per heavy atom. The molecular formula is C22H38N4O5. The summed E-state index contributed by atoms with van der Waals surface area (Å²) in [5.41, 5.74) is -0.981. The number of hydroxylamine groups is 2. The third-order valence-corrected chi connectivity index (χ3v) is 6.14. The Balaban J connectivity index is 1.83. The average Bonchev–Trinajstić information content (AvgIpc) is 3.06. The fourth-order valence-corrected chi connectivity index (χ4v) is 4.31. The zero-order valence-electron chi connectivity index (χ0n) is 22.9. The van der Waals surface area contributed by atoms with Crippen molar-refractivity contribution in [1.82, 2.24) is 20.2 Å². The average molecular weight is 443 g/mol. The van der Waals surface area contributed by atoms with Crippen molar-refractivity contribution in [3.63, 3.8) is 0 Å². The first-order chi connectivity index (χ1) is 16.3. The number of likely N-dealkylation sites (N-methyl/N-ethyl adjacent to an activating group) is 2. The van der Waals surface area contributed by atoms with E-state index in [2.05, 4.69) is 5.32 Å². The van der Waals surface area contributed by atoms with Crippen LogP contribution in [0.4, 0.5) is 0 Å². The second-order valence-electron chi connectivity index (χ2n) is 9.01. The van der Waals surface area contributed by atoms with E-state index < -0.39 is 43.2 Å². The number of carbonyl (C=O) groups is 4. The minimum absolute atomic E-state index is 0.0493. The molecule has 0 spiro atoms. The zero-order valence-corrected chi connectivity index (χ0v) is 18.9. The summed E-state index contributed by atoms with van der Waals surface area (Å²) in [6.07, 6.45) is 1.85. The highest BCUT2D eigenvalue weighted by Crippen LogP contribution is 2.33. The molecule has 2 fully saturated rings. The lowest BCUT2D eigenvalue weighted by atomic mass is 9.77. The molecule has 0 bridgehead atoms. The number of nitrogens with zero attached hydrogens (tertiary/aromatic N) is 3. The van der Waals surface area contributed by atoms with Gasteiger partial charge in [0.15, 0.2) is 0 Å². The Bertz CT molecular complexity index is 782. The standard InChI is InChI=1S/C22H38N4O5/c1-15-14-24(5)20(16(2)25(15)6)22(3,4)21(30)23-13-9-7-8-10-19(29)31-26-17(27)11-12-18(26)28/h15-16,20H,7-14H2,1-6H3,(H,23,30)/i5D2,6D2. The Labute approximate surface area is 191 Å². The van der Waals surface area contributed by atoms with Gasteiger partial charge in [-0.25, -0.2) is 4.79 Å². The fourth-order valence-electron chi connectivity index (χ4n) is 4.31. The predicted molar refractivity (Wildman–Crippen MR) is 116 cm³/mol. The summed E-state index contributed by atoms with van der Waals surface area (Å²) >= 11 is 0. The molecule has 2 rings (SSSR count). The van der Waals surface area contributed by atoms with E-state index in [0.717, 1.165) is 0 Å². The topological polar surface area (TPSA) is 99.3 Å². The summed E-state index contributed by atoms with van der Waals surface area (Å²) in [7, 11) is 0. The van der Waals surface area contributed by atoms with Crippen LogP contribution in [-0.4, -0.2) is 83.8 Å². The highest BCUT2D eigenvalue weighted by molar-refractivity contribution is 6.01. The van der Waals surface area contributed by atoms with Gasteiger partial charge in [-0.05, 0) is 54.5 Å². The van der Waals surface area contributed by atoms with E-state index in [9.17, 15) is 19.2 Å². The minimum atomic E-state index is -1.28. The van der Waals surface area contributed by atoms with Gasteiger partial charge in [0.25, 0.3) is 11.8 Å². The summed E-state index contributed by atoms with van der Waals surface area (Å²) in [6.45, 7) is 5.41. The van der Waals surface area contributed by atoms with Gasteiger partial charge in [-0.2, -0.15) is 0 Å². The van der Waals surface area contributed by atoms with Crippen LogP contribution >= 0.6 is 0 Å². The molecule has 1 N–H and O–H groups in total. The lowest BCUT2D eigenvalue weighted by Crippen LogP contribution is -2.66.